The number of nitrogens with zero attached hydrogens (tertiary/aromatic N) is 3. The number of rotatable bonds is 1. The lowest BCUT2D eigenvalue weighted by molar-refractivity contribution is -0.184. The summed E-state index contributed by atoms with van der Waals surface area (Å²) in [4.78, 5) is 12.4. The summed E-state index contributed by atoms with van der Waals surface area (Å²) < 4.78 is 39.9. The van der Waals surface area contributed by atoms with E-state index in [1.807, 2.05) is 0 Å². The Kier molecular flexibility index (Phi) is 2.53. The Hall–Kier alpha value is -1.28. The molecule has 2 aromatic heterocycles. The zero-order valence-corrected chi connectivity index (χ0v) is 9.98. The van der Waals surface area contributed by atoms with Crippen molar-refractivity contribution in [2.24, 2.45) is 0 Å². The van der Waals surface area contributed by atoms with E-state index in [2.05, 4.69) is 20.3 Å². The van der Waals surface area contributed by atoms with Gasteiger partial charge in [-0.2, -0.15) is 13.2 Å². The van der Waals surface area contributed by atoms with Gasteiger partial charge in [0, 0.05) is 18.9 Å². The van der Waals surface area contributed by atoms with Gasteiger partial charge in [-0.15, -0.1) is 0 Å². The lowest BCUT2D eigenvalue weighted by Gasteiger charge is -2.28. The van der Waals surface area contributed by atoms with E-state index in [1.54, 1.807) is 0 Å². The van der Waals surface area contributed by atoms with Crippen molar-refractivity contribution in [3.8, 4) is 0 Å². The zero-order valence-electron chi connectivity index (χ0n) is 9.16. The molecule has 1 unspecified atom stereocenters. The Bertz CT molecular complexity index is 541. The molecule has 3 heterocycles. The van der Waals surface area contributed by atoms with E-state index < -0.39 is 11.6 Å². The first-order valence-electron chi connectivity index (χ1n) is 5.38. The predicted octanol–water partition coefficient (Wildman–Crippen LogP) is 1.88. The van der Waals surface area contributed by atoms with Crippen LogP contribution in [0.2, 0.25) is 0 Å². The number of thiazole rings is 1. The quantitative estimate of drug-likeness (QED) is 0.862. The molecule has 0 radical (unpaired) electrons. The van der Waals surface area contributed by atoms with Crippen molar-refractivity contribution in [1.82, 2.24) is 20.3 Å². The van der Waals surface area contributed by atoms with E-state index >= 15 is 0 Å². The minimum absolute atomic E-state index is 0.0102. The Labute approximate surface area is 104 Å². The first-order valence-corrected chi connectivity index (χ1v) is 6.20. The molecule has 18 heavy (non-hydrogen) atoms. The van der Waals surface area contributed by atoms with Crippen molar-refractivity contribution >= 4 is 21.8 Å². The van der Waals surface area contributed by atoms with Crippen molar-refractivity contribution in [3.63, 3.8) is 0 Å². The van der Waals surface area contributed by atoms with Crippen molar-refractivity contribution < 1.29 is 13.2 Å². The third-order valence-corrected chi connectivity index (χ3v) is 4.31. The van der Waals surface area contributed by atoms with Gasteiger partial charge in [0.15, 0.2) is 10.5 Å². The molecule has 3 rings (SSSR count). The molecule has 1 aliphatic rings. The van der Waals surface area contributed by atoms with Crippen LogP contribution in [0.1, 0.15) is 11.4 Å². The van der Waals surface area contributed by atoms with Crippen LogP contribution in [0.3, 0.4) is 0 Å². The van der Waals surface area contributed by atoms with E-state index in [9.17, 15) is 13.2 Å². The third-order valence-electron chi connectivity index (χ3n) is 3.15. The van der Waals surface area contributed by atoms with Gasteiger partial charge in [-0.3, -0.25) is 0 Å². The number of hydrogen-bond acceptors (Lipinski definition) is 5. The third kappa shape index (κ3) is 1.59. The molecule has 0 amide bonds. The van der Waals surface area contributed by atoms with Crippen molar-refractivity contribution in [3.05, 3.63) is 17.4 Å². The molecule has 0 bridgehead atoms. The maximum absolute atomic E-state index is 13.3. The van der Waals surface area contributed by atoms with Gasteiger partial charge in [-0.25, -0.2) is 15.0 Å². The van der Waals surface area contributed by atoms with Gasteiger partial charge in [0.1, 0.15) is 10.4 Å². The minimum atomic E-state index is -4.32. The molecule has 1 N–H and O–H groups in total. The number of alkyl halides is 3. The van der Waals surface area contributed by atoms with Crippen LogP contribution >= 0.6 is 11.3 Å². The van der Waals surface area contributed by atoms with E-state index in [4.69, 9.17) is 0 Å². The summed E-state index contributed by atoms with van der Waals surface area (Å²) in [7, 11) is 0. The Morgan fingerprint density at radius 1 is 1.28 bits per heavy atom. The molecule has 2 aromatic rings. The average Bonchev–Trinajstić information content (AvgIpc) is 2.95. The van der Waals surface area contributed by atoms with Crippen LogP contribution in [0.4, 0.5) is 13.2 Å². The normalized spacial score (nSPS) is 24.8. The van der Waals surface area contributed by atoms with Crippen molar-refractivity contribution in [2.45, 2.75) is 18.0 Å². The highest BCUT2D eigenvalue weighted by molar-refractivity contribution is 7.18. The highest BCUT2D eigenvalue weighted by Crippen LogP contribution is 2.47. The second kappa shape index (κ2) is 3.86. The number of fused-ring (bicyclic) bond motifs is 1. The molecule has 0 aliphatic carbocycles. The van der Waals surface area contributed by atoms with Crippen molar-refractivity contribution in [1.29, 1.82) is 0 Å². The molecule has 1 fully saturated rings. The smallest absolute Gasteiger partial charge is 0.315 e. The first kappa shape index (κ1) is 11.8. The van der Waals surface area contributed by atoms with Crippen LogP contribution in [0.15, 0.2) is 12.4 Å². The Morgan fingerprint density at radius 2 is 2.06 bits per heavy atom. The van der Waals surface area contributed by atoms with E-state index in [1.165, 1.54) is 12.4 Å². The molecular formula is C10H9F3N4S. The average molecular weight is 274 g/mol. The van der Waals surface area contributed by atoms with E-state index in [-0.39, 0.29) is 23.6 Å². The summed E-state index contributed by atoms with van der Waals surface area (Å²) in [5, 5.41) is 2.83. The van der Waals surface area contributed by atoms with Crippen LogP contribution < -0.4 is 5.32 Å². The summed E-state index contributed by atoms with van der Waals surface area (Å²) in [6.07, 6.45) is -1.42. The highest BCUT2D eigenvalue weighted by atomic mass is 32.1. The fraction of sp³-hybridized carbons (Fsp3) is 0.500. The molecular weight excluding hydrogens is 265 g/mol. The lowest BCUT2D eigenvalue weighted by Crippen LogP contribution is -2.44. The predicted molar refractivity (Wildman–Crippen MR) is 60.4 cm³/mol. The highest BCUT2D eigenvalue weighted by Gasteiger charge is 2.59. The summed E-state index contributed by atoms with van der Waals surface area (Å²) in [6, 6.07) is 0. The lowest BCUT2D eigenvalue weighted by atomic mass is 9.87. The molecule has 1 aliphatic heterocycles. The zero-order chi connectivity index (χ0) is 12.8. The number of hydrogen-bond donors (Lipinski definition) is 1. The first-order chi connectivity index (χ1) is 8.53. The molecule has 4 nitrogen and oxygen atoms in total. The Balaban J connectivity index is 2.16. The van der Waals surface area contributed by atoms with Gasteiger partial charge >= 0.3 is 6.18 Å². The maximum atomic E-state index is 13.3. The second-order valence-corrected chi connectivity index (χ2v) is 5.19. The minimum Gasteiger partial charge on any atom is -0.315 e. The monoisotopic (exact) mass is 274 g/mol. The van der Waals surface area contributed by atoms with Crippen LogP contribution in [0.25, 0.3) is 10.5 Å². The van der Waals surface area contributed by atoms with Gasteiger partial charge in [-0.05, 0) is 13.0 Å². The van der Waals surface area contributed by atoms with Crippen LogP contribution in [0.5, 0.6) is 0 Å². The molecule has 1 atom stereocenters. The molecule has 0 saturated carbocycles. The molecule has 96 valence electrons. The van der Waals surface area contributed by atoms with Gasteiger partial charge in [0.05, 0.1) is 0 Å². The topological polar surface area (TPSA) is 50.7 Å². The number of halogens is 3. The SMILES string of the molecule is FC(F)(F)C1(c2nc3nccnc3s2)CCNC1. The molecule has 8 heteroatoms. The van der Waals surface area contributed by atoms with E-state index in [0.29, 0.717) is 11.4 Å². The van der Waals surface area contributed by atoms with Gasteiger partial charge in [0.2, 0.25) is 0 Å². The van der Waals surface area contributed by atoms with Gasteiger partial charge in [-0.1, -0.05) is 11.3 Å². The molecule has 0 spiro atoms. The Morgan fingerprint density at radius 3 is 2.67 bits per heavy atom. The summed E-state index contributed by atoms with van der Waals surface area (Å²) in [5.74, 6) is 0. The van der Waals surface area contributed by atoms with Crippen LogP contribution in [0, 0.1) is 0 Å². The number of nitrogens with one attached hydrogen (secondary N) is 1. The molecule has 1 saturated heterocycles. The summed E-state index contributed by atoms with van der Waals surface area (Å²) >= 11 is 0.976. The van der Waals surface area contributed by atoms with Crippen LogP contribution in [-0.2, 0) is 5.41 Å². The summed E-state index contributed by atoms with van der Waals surface area (Å²) in [6.45, 7) is 0.215. The summed E-state index contributed by atoms with van der Waals surface area (Å²) in [5.41, 5.74) is -1.60. The van der Waals surface area contributed by atoms with Gasteiger partial charge in [0.25, 0.3) is 0 Å². The standard InChI is InChI=1S/C10H9F3N4S/c11-10(12,13)9(1-2-14-5-9)8-17-6-7(18-8)16-4-3-15-6/h3-4,14H,1-2,5H2. The fourth-order valence-corrected chi connectivity index (χ4v) is 3.22. The van der Waals surface area contributed by atoms with E-state index in [0.717, 1.165) is 11.3 Å². The number of aromatic nitrogens is 3. The maximum Gasteiger partial charge on any atom is 0.402 e. The molecule has 0 aromatic carbocycles. The van der Waals surface area contributed by atoms with Gasteiger partial charge < -0.3 is 5.32 Å². The second-order valence-electron chi connectivity index (χ2n) is 4.21. The fourth-order valence-electron chi connectivity index (χ4n) is 2.12. The van der Waals surface area contributed by atoms with Crippen molar-refractivity contribution in [2.75, 3.05) is 13.1 Å². The van der Waals surface area contributed by atoms with Crippen LogP contribution in [-0.4, -0.2) is 34.2 Å². The largest absolute Gasteiger partial charge is 0.402 e.